The van der Waals surface area contributed by atoms with E-state index in [4.69, 9.17) is 4.74 Å². The predicted molar refractivity (Wildman–Crippen MR) is 78.9 cm³/mol. The highest BCUT2D eigenvalue weighted by atomic mass is 19.4. The lowest BCUT2D eigenvalue weighted by Crippen LogP contribution is -2.25. The summed E-state index contributed by atoms with van der Waals surface area (Å²) in [6.07, 6.45) is -4.45. The second kappa shape index (κ2) is 8.23. The minimum absolute atomic E-state index is 0.179. The van der Waals surface area contributed by atoms with E-state index in [-0.39, 0.29) is 12.0 Å². The minimum atomic E-state index is -4.63. The number of nitrogens with zero attached hydrogens (tertiary/aromatic N) is 1. The number of halogens is 8. The van der Waals surface area contributed by atoms with Gasteiger partial charge in [0.15, 0.2) is 29.9 Å². The van der Waals surface area contributed by atoms with Gasteiger partial charge >= 0.3 is 6.18 Å². The molecule has 28 heavy (non-hydrogen) atoms. The highest BCUT2D eigenvalue weighted by Crippen LogP contribution is 2.31. The van der Waals surface area contributed by atoms with E-state index in [1.807, 2.05) is 0 Å². The molecule has 1 amide bonds. The fraction of sp³-hybridized carbons (Fsp3) is 0.125. The first-order valence-electron chi connectivity index (χ1n) is 7.15. The molecule has 0 aliphatic heterocycles. The van der Waals surface area contributed by atoms with Gasteiger partial charge in [-0.25, -0.2) is 27.4 Å². The smallest absolute Gasteiger partial charge is 0.416 e. The SMILES string of the molecule is O=C(COc1cccc(C(F)(F)F)c1)N/N=C/c1c(F)c(F)c(F)c(F)c1F. The highest BCUT2D eigenvalue weighted by Gasteiger charge is 2.30. The molecule has 0 radical (unpaired) electrons. The van der Waals surface area contributed by atoms with Crippen LogP contribution in [0.2, 0.25) is 0 Å². The molecule has 0 aromatic heterocycles. The van der Waals surface area contributed by atoms with Crippen LogP contribution in [0.25, 0.3) is 0 Å². The summed E-state index contributed by atoms with van der Waals surface area (Å²) in [5.41, 5.74) is -0.746. The van der Waals surface area contributed by atoms with Gasteiger partial charge < -0.3 is 4.74 Å². The van der Waals surface area contributed by atoms with Crippen molar-refractivity contribution in [2.75, 3.05) is 6.61 Å². The first-order valence-corrected chi connectivity index (χ1v) is 7.15. The number of alkyl halides is 3. The molecule has 2 aromatic carbocycles. The third kappa shape index (κ3) is 4.75. The number of hydrogen-bond donors (Lipinski definition) is 1. The summed E-state index contributed by atoms with van der Waals surface area (Å²) < 4.78 is 108. The van der Waals surface area contributed by atoms with E-state index in [2.05, 4.69) is 5.10 Å². The summed E-state index contributed by atoms with van der Waals surface area (Å²) in [5.74, 6) is -12.4. The first kappa shape index (κ1) is 21.1. The van der Waals surface area contributed by atoms with E-state index in [0.29, 0.717) is 6.07 Å². The number of carbonyl (C=O) groups excluding carboxylic acids is 1. The van der Waals surface area contributed by atoms with Crippen molar-refractivity contribution >= 4 is 12.1 Å². The van der Waals surface area contributed by atoms with Crippen LogP contribution in [0.4, 0.5) is 35.1 Å². The lowest BCUT2D eigenvalue weighted by atomic mass is 10.2. The lowest BCUT2D eigenvalue weighted by Gasteiger charge is -2.09. The van der Waals surface area contributed by atoms with Crippen LogP contribution >= 0.6 is 0 Å². The van der Waals surface area contributed by atoms with Crippen molar-refractivity contribution in [1.29, 1.82) is 0 Å². The van der Waals surface area contributed by atoms with Gasteiger partial charge in [-0.3, -0.25) is 4.79 Å². The maximum atomic E-state index is 13.4. The second-order valence-corrected chi connectivity index (χ2v) is 5.09. The molecule has 0 saturated carbocycles. The van der Waals surface area contributed by atoms with Crippen LogP contribution in [-0.4, -0.2) is 18.7 Å². The molecule has 0 spiro atoms. The molecular weight excluding hydrogens is 404 g/mol. The number of rotatable bonds is 5. The Labute approximate surface area is 151 Å². The maximum Gasteiger partial charge on any atom is 0.416 e. The van der Waals surface area contributed by atoms with E-state index in [1.54, 1.807) is 5.43 Å². The number of nitrogens with one attached hydrogen (secondary N) is 1. The molecule has 2 rings (SSSR count). The van der Waals surface area contributed by atoms with Crippen molar-refractivity contribution < 1.29 is 44.7 Å². The maximum absolute atomic E-state index is 13.4. The van der Waals surface area contributed by atoms with Gasteiger partial charge in [0.1, 0.15) is 5.75 Å². The van der Waals surface area contributed by atoms with Gasteiger partial charge in [-0.15, -0.1) is 0 Å². The van der Waals surface area contributed by atoms with E-state index in [1.165, 1.54) is 0 Å². The summed E-state index contributed by atoms with van der Waals surface area (Å²) in [4.78, 5) is 11.5. The second-order valence-electron chi connectivity index (χ2n) is 5.09. The Kier molecular flexibility index (Phi) is 6.21. The molecule has 0 aliphatic carbocycles. The standard InChI is InChI=1S/C16H8F8N2O2/c17-11-9(12(18)14(20)15(21)13(11)19)5-25-26-10(27)6-28-8-3-1-2-7(4-8)16(22,23)24/h1-5H,6H2,(H,26,27)/b25-5+. The molecule has 1 N–H and O–H groups in total. The van der Waals surface area contributed by atoms with Gasteiger partial charge in [0.25, 0.3) is 5.91 Å². The molecule has 0 fully saturated rings. The molecular formula is C16H8F8N2O2. The van der Waals surface area contributed by atoms with Crippen LogP contribution in [0.5, 0.6) is 5.75 Å². The molecule has 0 heterocycles. The number of ether oxygens (including phenoxy) is 1. The monoisotopic (exact) mass is 412 g/mol. The van der Waals surface area contributed by atoms with Crippen LogP contribution in [0.3, 0.4) is 0 Å². The zero-order valence-corrected chi connectivity index (χ0v) is 13.4. The molecule has 4 nitrogen and oxygen atoms in total. The molecule has 12 heteroatoms. The van der Waals surface area contributed by atoms with Gasteiger partial charge in [0.05, 0.1) is 17.3 Å². The lowest BCUT2D eigenvalue weighted by molar-refractivity contribution is -0.137. The van der Waals surface area contributed by atoms with Gasteiger partial charge in [0, 0.05) is 0 Å². The Hall–Kier alpha value is -3.18. The van der Waals surface area contributed by atoms with Crippen LogP contribution < -0.4 is 10.2 Å². The number of hydrazone groups is 1. The minimum Gasteiger partial charge on any atom is -0.484 e. The van der Waals surface area contributed by atoms with Crippen molar-refractivity contribution in [3.63, 3.8) is 0 Å². The normalized spacial score (nSPS) is 11.7. The Morgan fingerprint density at radius 2 is 1.57 bits per heavy atom. The van der Waals surface area contributed by atoms with Crippen molar-refractivity contribution in [2.24, 2.45) is 5.10 Å². The Bertz CT molecular complexity index is 899. The van der Waals surface area contributed by atoms with E-state index in [9.17, 15) is 39.9 Å². The zero-order valence-electron chi connectivity index (χ0n) is 13.4. The van der Waals surface area contributed by atoms with Crippen molar-refractivity contribution in [3.8, 4) is 5.75 Å². The molecule has 0 saturated heterocycles. The third-order valence-electron chi connectivity index (χ3n) is 3.16. The molecule has 0 aliphatic rings. The van der Waals surface area contributed by atoms with Gasteiger partial charge in [0.2, 0.25) is 5.82 Å². The number of hydrogen-bond acceptors (Lipinski definition) is 3. The molecule has 0 atom stereocenters. The number of benzene rings is 2. The highest BCUT2D eigenvalue weighted by molar-refractivity contribution is 5.83. The van der Waals surface area contributed by atoms with Crippen LogP contribution in [0.15, 0.2) is 29.4 Å². The van der Waals surface area contributed by atoms with Crippen LogP contribution in [0.1, 0.15) is 11.1 Å². The third-order valence-corrected chi connectivity index (χ3v) is 3.16. The van der Waals surface area contributed by atoms with Crippen LogP contribution in [0, 0.1) is 29.1 Å². The van der Waals surface area contributed by atoms with Gasteiger partial charge in [-0.05, 0) is 18.2 Å². The van der Waals surface area contributed by atoms with Gasteiger partial charge in [-0.1, -0.05) is 6.07 Å². The topological polar surface area (TPSA) is 50.7 Å². The summed E-state index contributed by atoms with van der Waals surface area (Å²) in [6, 6.07) is 3.59. The summed E-state index contributed by atoms with van der Waals surface area (Å²) in [5, 5.41) is 3.02. The largest absolute Gasteiger partial charge is 0.484 e. The number of amides is 1. The van der Waals surface area contributed by atoms with E-state index >= 15 is 0 Å². The molecule has 150 valence electrons. The van der Waals surface area contributed by atoms with E-state index in [0.717, 1.165) is 18.2 Å². The fourth-order valence-corrected chi connectivity index (χ4v) is 1.85. The fourth-order valence-electron chi connectivity index (χ4n) is 1.85. The van der Waals surface area contributed by atoms with Crippen LogP contribution in [-0.2, 0) is 11.0 Å². The Morgan fingerprint density at radius 3 is 2.14 bits per heavy atom. The Balaban J connectivity index is 2.01. The average molecular weight is 412 g/mol. The summed E-state index contributed by atoms with van der Waals surface area (Å²) in [6.45, 7) is -0.838. The first-order chi connectivity index (χ1) is 13.0. The Morgan fingerprint density at radius 1 is 1.00 bits per heavy atom. The van der Waals surface area contributed by atoms with Crippen molar-refractivity contribution in [1.82, 2.24) is 5.43 Å². The quantitative estimate of drug-likeness (QED) is 0.266. The molecule has 0 unspecified atom stereocenters. The summed E-state index contributed by atoms with van der Waals surface area (Å²) in [7, 11) is 0. The van der Waals surface area contributed by atoms with Gasteiger partial charge in [-0.2, -0.15) is 18.3 Å². The summed E-state index contributed by atoms with van der Waals surface area (Å²) >= 11 is 0. The van der Waals surface area contributed by atoms with E-state index < -0.39 is 58.9 Å². The average Bonchev–Trinajstić information content (AvgIpc) is 2.65. The predicted octanol–water partition coefficient (Wildman–Crippen LogP) is 3.93. The molecule has 0 bridgehead atoms. The van der Waals surface area contributed by atoms with Crippen molar-refractivity contribution in [2.45, 2.75) is 6.18 Å². The number of carbonyl (C=O) groups is 1. The van der Waals surface area contributed by atoms with Crippen molar-refractivity contribution in [3.05, 3.63) is 64.5 Å². The zero-order chi connectivity index (χ0) is 21.1. The molecule has 2 aromatic rings.